The fraction of sp³-hybridized carbons (Fsp3) is 0.633. The van der Waals surface area contributed by atoms with Gasteiger partial charge >= 0.3 is 0 Å². The number of nitrogens with one attached hydrogen (secondary N) is 1. The van der Waals surface area contributed by atoms with Crippen LogP contribution in [0, 0.1) is 5.92 Å². The average molecular weight is 621 g/mol. The predicted molar refractivity (Wildman–Crippen MR) is 166 cm³/mol. The molecule has 0 spiro atoms. The van der Waals surface area contributed by atoms with E-state index in [0.29, 0.717) is 23.8 Å². The number of rotatable bonds is 10. The van der Waals surface area contributed by atoms with Gasteiger partial charge in [-0.05, 0) is 74.4 Å². The van der Waals surface area contributed by atoms with Gasteiger partial charge in [-0.2, -0.15) is 0 Å². The van der Waals surface area contributed by atoms with E-state index in [9.17, 15) is 4.79 Å². The normalized spacial score (nSPS) is 22.5. The van der Waals surface area contributed by atoms with Gasteiger partial charge in [-0.1, -0.05) is 36.2 Å². The fourth-order valence-electron chi connectivity index (χ4n) is 6.59. The maximum absolute atomic E-state index is 12.3. The van der Waals surface area contributed by atoms with Crippen LogP contribution in [0.1, 0.15) is 54.2 Å². The molecule has 2 aromatic rings. The topological polar surface area (TPSA) is 120 Å². The van der Waals surface area contributed by atoms with Gasteiger partial charge in [0.05, 0.1) is 6.61 Å². The lowest BCUT2D eigenvalue weighted by atomic mass is 9.94. The van der Waals surface area contributed by atoms with Crippen molar-refractivity contribution in [2.75, 3.05) is 69.7 Å². The second-order valence-electron chi connectivity index (χ2n) is 11.7. The van der Waals surface area contributed by atoms with Gasteiger partial charge in [-0.25, -0.2) is 9.97 Å². The standard InChI is InChI=1S/C30H43Cl2N7O3/c1-2-24-18-38(29-27(32)35-26(28(33)36-29)30(41)34-8-13-40)11-12-39(24)25-5-9-37(10-6-25)17-21-3-4-23(31)16-22(21)15-20-7-14-42-19-20/h3-4,16,20,24-25,40H,2,5-15,17-19H2,1H3,(H2,33,36)(H,34,41)/t20-,24-/m0/s1. The number of aliphatic hydroxyl groups is 1. The molecule has 230 valence electrons. The highest BCUT2D eigenvalue weighted by atomic mass is 35.5. The van der Waals surface area contributed by atoms with Gasteiger partial charge in [-0.3, -0.25) is 14.6 Å². The molecule has 0 saturated carbocycles. The fourth-order valence-corrected chi connectivity index (χ4v) is 7.03. The number of benzene rings is 1. The molecule has 10 nitrogen and oxygen atoms in total. The molecule has 1 aromatic heterocycles. The van der Waals surface area contributed by atoms with Crippen molar-refractivity contribution in [2.24, 2.45) is 5.92 Å². The van der Waals surface area contributed by atoms with Crippen molar-refractivity contribution in [3.8, 4) is 0 Å². The van der Waals surface area contributed by atoms with Crippen LogP contribution in [0.5, 0.6) is 0 Å². The first kappa shape index (κ1) is 31.2. The van der Waals surface area contributed by atoms with Crippen molar-refractivity contribution in [2.45, 2.75) is 57.7 Å². The molecule has 3 aliphatic heterocycles. The number of piperazine rings is 1. The quantitative estimate of drug-likeness (QED) is 0.368. The predicted octanol–water partition coefficient (Wildman–Crippen LogP) is 3.23. The number of ether oxygens (including phenoxy) is 1. The Labute approximate surface area is 258 Å². The summed E-state index contributed by atoms with van der Waals surface area (Å²) >= 11 is 12.9. The lowest BCUT2D eigenvalue weighted by molar-refractivity contribution is 0.0609. The highest BCUT2D eigenvalue weighted by Crippen LogP contribution is 2.31. The Balaban J connectivity index is 1.17. The molecule has 5 rings (SSSR count). The molecule has 3 saturated heterocycles. The van der Waals surface area contributed by atoms with Crippen molar-refractivity contribution in [3.63, 3.8) is 0 Å². The molecule has 3 fully saturated rings. The van der Waals surface area contributed by atoms with Gasteiger partial charge in [0, 0.05) is 63.0 Å². The van der Waals surface area contributed by atoms with Crippen LogP contribution in [0.25, 0.3) is 0 Å². The Morgan fingerprint density at radius 1 is 1.14 bits per heavy atom. The summed E-state index contributed by atoms with van der Waals surface area (Å²) in [5.41, 5.74) is 8.83. The summed E-state index contributed by atoms with van der Waals surface area (Å²) in [6, 6.07) is 7.28. The number of nitrogens with zero attached hydrogens (tertiary/aromatic N) is 5. The lowest BCUT2D eigenvalue weighted by Gasteiger charge is -2.47. The van der Waals surface area contributed by atoms with E-state index < -0.39 is 5.91 Å². The van der Waals surface area contributed by atoms with Crippen molar-refractivity contribution < 1.29 is 14.6 Å². The number of amides is 1. The summed E-state index contributed by atoms with van der Waals surface area (Å²) in [6.45, 7) is 9.44. The first-order valence-corrected chi connectivity index (χ1v) is 15.9. The Morgan fingerprint density at radius 3 is 2.67 bits per heavy atom. The first-order valence-electron chi connectivity index (χ1n) is 15.2. The van der Waals surface area contributed by atoms with E-state index in [1.807, 2.05) is 6.07 Å². The summed E-state index contributed by atoms with van der Waals surface area (Å²) in [4.78, 5) is 28.4. The third-order valence-electron chi connectivity index (χ3n) is 8.90. The first-order chi connectivity index (χ1) is 20.4. The number of carbonyl (C=O) groups is 1. The minimum atomic E-state index is -0.499. The molecule has 0 radical (unpaired) electrons. The number of aromatic nitrogens is 2. The second-order valence-corrected chi connectivity index (χ2v) is 12.4. The van der Waals surface area contributed by atoms with Crippen LogP contribution in [0.15, 0.2) is 18.2 Å². The van der Waals surface area contributed by atoms with E-state index >= 15 is 0 Å². The molecule has 3 aliphatic rings. The number of halogens is 2. The smallest absolute Gasteiger partial charge is 0.273 e. The zero-order valence-electron chi connectivity index (χ0n) is 24.4. The maximum Gasteiger partial charge on any atom is 0.273 e. The van der Waals surface area contributed by atoms with Crippen molar-refractivity contribution >= 4 is 40.7 Å². The average Bonchev–Trinajstić information content (AvgIpc) is 3.51. The van der Waals surface area contributed by atoms with E-state index in [4.69, 9.17) is 38.8 Å². The molecular formula is C30H43Cl2N7O3. The molecular weight excluding hydrogens is 577 g/mol. The summed E-state index contributed by atoms with van der Waals surface area (Å²) in [5.74, 6) is 0.641. The minimum Gasteiger partial charge on any atom is -0.395 e. The largest absolute Gasteiger partial charge is 0.395 e. The van der Waals surface area contributed by atoms with Crippen LogP contribution >= 0.6 is 23.2 Å². The molecule has 0 aliphatic carbocycles. The third-order valence-corrected chi connectivity index (χ3v) is 9.38. The van der Waals surface area contributed by atoms with Crippen molar-refractivity contribution in [1.29, 1.82) is 0 Å². The molecule has 1 amide bonds. The Hall–Kier alpha value is -2.21. The van der Waals surface area contributed by atoms with E-state index in [2.05, 4.69) is 49.0 Å². The van der Waals surface area contributed by atoms with Gasteiger partial charge in [0.2, 0.25) is 0 Å². The zero-order valence-corrected chi connectivity index (χ0v) is 25.9. The SMILES string of the molecule is CC[C@H]1CN(c2nc(N)c(C(=O)NCCO)nc2Cl)CCN1C1CCN(Cc2ccc(Cl)cc2C[C@@H]2CCOC2)CC1. The molecule has 12 heteroatoms. The minimum absolute atomic E-state index is 0.0205. The monoisotopic (exact) mass is 619 g/mol. The van der Waals surface area contributed by atoms with Crippen molar-refractivity contribution in [3.05, 3.63) is 45.2 Å². The summed E-state index contributed by atoms with van der Waals surface area (Å²) in [5, 5.41) is 12.5. The van der Waals surface area contributed by atoms with Gasteiger partial charge in [0.25, 0.3) is 5.91 Å². The molecule has 4 N–H and O–H groups in total. The molecule has 42 heavy (non-hydrogen) atoms. The third kappa shape index (κ3) is 7.46. The van der Waals surface area contributed by atoms with Crippen LogP contribution in [0.4, 0.5) is 11.6 Å². The van der Waals surface area contributed by atoms with Crippen LogP contribution in [0.2, 0.25) is 10.2 Å². The summed E-state index contributed by atoms with van der Waals surface area (Å²) in [6.07, 6.45) is 5.46. The summed E-state index contributed by atoms with van der Waals surface area (Å²) in [7, 11) is 0. The Bertz CT molecular complexity index is 1220. The molecule has 0 unspecified atom stereocenters. The number of likely N-dealkylation sites (tertiary alicyclic amines) is 1. The Morgan fingerprint density at radius 2 is 1.95 bits per heavy atom. The number of hydrogen-bond donors (Lipinski definition) is 3. The number of anilines is 2. The van der Waals surface area contributed by atoms with Crippen LogP contribution < -0.4 is 16.0 Å². The van der Waals surface area contributed by atoms with E-state index in [1.165, 1.54) is 11.1 Å². The number of aliphatic hydroxyl groups excluding tert-OH is 1. The van der Waals surface area contributed by atoms with Crippen LogP contribution in [-0.2, 0) is 17.7 Å². The lowest BCUT2D eigenvalue weighted by Crippen LogP contribution is -2.58. The molecule has 1 aromatic carbocycles. The van der Waals surface area contributed by atoms with E-state index in [0.717, 1.165) is 89.6 Å². The van der Waals surface area contributed by atoms with Crippen LogP contribution in [-0.4, -0.2) is 102 Å². The molecule has 0 bridgehead atoms. The zero-order chi connectivity index (χ0) is 29.6. The number of carbonyl (C=O) groups excluding carboxylic acids is 1. The second kappa shape index (κ2) is 14.5. The van der Waals surface area contributed by atoms with E-state index in [-0.39, 0.29) is 29.8 Å². The summed E-state index contributed by atoms with van der Waals surface area (Å²) < 4.78 is 5.61. The molecule has 2 atom stereocenters. The Kier molecular flexibility index (Phi) is 10.8. The van der Waals surface area contributed by atoms with Gasteiger partial charge in [0.1, 0.15) is 0 Å². The highest BCUT2D eigenvalue weighted by Gasteiger charge is 2.34. The van der Waals surface area contributed by atoms with Crippen molar-refractivity contribution in [1.82, 2.24) is 25.1 Å². The number of piperidine rings is 1. The molecule has 4 heterocycles. The van der Waals surface area contributed by atoms with Gasteiger partial charge in [0.15, 0.2) is 22.5 Å². The van der Waals surface area contributed by atoms with E-state index in [1.54, 1.807) is 0 Å². The number of hydrogen-bond acceptors (Lipinski definition) is 9. The van der Waals surface area contributed by atoms with Crippen LogP contribution in [0.3, 0.4) is 0 Å². The maximum atomic E-state index is 12.3. The highest BCUT2D eigenvalue weighted by molar-refractivity contribution is 6.32. The number of nitrogens with two attached hydrogens (primary N) is 1. The van der Waals surface area contributed by atoms with Gasteiger partial charge < -0.3 is 25.8 Å². The van der Waals surface area contributed by atoms with Gasteiger partial charge in [-0.15, -0.1) is 0 Å². The number of nitrogen functional groups attached to an aromatic ring is 1.